The van der Waals surface area contributed by atoms with Gasteiger partial charge in [-0.25, -0.2) is 4.79 Å². The third kappa shape index (κ3) is 4.73. The fourth-order valence-electron chi connectivity index (χ4n) is 2.62. The largest absolute Gasteiger partial charge is 0.492 e. The lowest BCUT2D eigenvalue weighted by atomic mass is 10.3. The second-order valence-electron chi connectivity index (χ2n) is 5.67. The average molecular weight is 326 g/mol. The molecule has 1 saturated heterocycles. The first-order chi connectivity index (χ1) is 11.8. The van der Waals surface area contributed by atoms with Crippen molar-refractivity contribution in [2.24, 2.45) is 0 Å². The molecule has 5 nitrogen and oxygen atoms in total. The molecular formula is C19H22N2O3. The van der Waals surface area contributed by atoms with Gasteiger partial charge in [0.1, 0.15) is 18.1 Å². The highest BCUT2D eigenvalue weighted by Gasteiger charge is 2.22. The maximum atomic E-state index is 12.1. The second-order valence-corrected chi connectivity index (χ2v) is 5.67. The molecule has 3 rings (SSSR count). The molecule has 1 amide bonds. The molecule has 0 aliphatic carbocycles. The van der Waals surface area contributed by atoms with E-state index in [-0.39, 0.29) is 6.09 Å². The summed E-state index contributed by atoms with van der Waals surface area (Å²) in [6, 6.07) is 19.0. The lowest BCUT2D eigenvalue weighted by Gasteiger charge is -2.33. The summed E-state index contributed by atoms with van der Waals surface area (Å²) in [4.78, 5) is 16.2. The molecule has 2 aromatic rings. The predicted octanol–water partition coefficient (Wildman–Crippen LogP) is 2.88. The van der Waals surface area contributed by atoms with Crippen molar-refractivity contribution in [1.29, 1.82) is 0 Å². The minimum Gasteiger partial charge on any atom is -0.492 e. The van der Waals surface area contributed by atoms with Gasteiger partial charge in [-0.05, 0) is 24.3 Å². The van der Waals surface area contributed by atoms with Crippen LogP contribution in [0.5, 0.6) is 11.5 Å². The number of hydrogen-bond donors (Lipinski definition) is 0. The van der Waals surface area contributed by atoms with Crippen LogP contribution in [0.25, 0.3) is 0 Å². The van der Waals surface area contributed by atoms with E-state index in [2.05, 4.69) is 4.90 Å². The van der Waals surface area contributed by atoms with Crippen molar-refractivity contribution < 1.29 is 14.3 Å². The minimum absolute atomic E-state index is 0.276. The van der Waals surface area contributed by atoms with Crippen molar-refractivity contribution in [3.63, 3.8) is 0 Å². The molecule has 0 N–H and O–H groups in total. The number of nitrogens with zero attached hydrogens (tertiary/aromatic N) is 2. The van der Waals surface area contributed by atoms with Crippen molar-refractivity contribution in [3.8, 4) is 11.5 Å². The highest BCUT2D eigenvalue weighted by molar-refractivity contribution is 5.70. The fraction of sp³-hybridized carbons (Fsp3) is 0.316. The topological polar surface area (TPSA) is 42.0 Å². The third-order valence-corrected chi connectivity index (χ3v) is 4.00. The van der Waals surface area contributed by atoms with Gasteiger partial charge in [-0.3, -0.25) is 4.90 Å². The Morgan fingerprint density at radius 3 is 2.04 bits per heavy atom. The molecule has 1 aliphatic rings. The van der Waals surface area contributed by atoms with E-state index in [0.29, 0.717) is 25.4 Å². The van der Waals surface area contributed by atoms with E-state index in [1.54, 1.807) is 17.0 Å². The zero-order chi connectivity index (χ0) is 16.6. The van der Waals surface area contributed by atoms with E-state index in [9.17, 15) is 4.79 Å². The SMILES string of the molecule is O=C(Oc1ccccc1)N1CCN(CCOc2ccccc2)CC1. The fourth-order valence-corrected chi connectivity index (χ4v) is 2.62. The summed E-state index contributed by atoms with van der Waals surface area (Å²) < 4.78 is 11.1. The first kappa shape index (κ1) is 16.3. The van der Waals surface area contributed by atoms with Gasteiger partial charge in [0.05, 0.1) is 0 Å². The average Bonchev–Trinajstić information content (AvgIpc) is 2.64. The molecule has 5 heteroatoms. The molecule has 0 atom stereocenters. The number of carbonyl (C=O) groups is 1. The molecule has 1 heterocycles. The van der Waals surface area contributed by atoms with Crippen molar-refractivity contribution in [1.82, 2.24) is 9.80 Å². The van der Waals surface area contributed by atoms with Gasteiger partial charge in [0.15, 0.2) is 0 Å². The number of para-hydroxylation sites is 2. The van der Waals surface area contributed by atoms with Gasteiger partial charge in [-0.2, -0.15) is 0 Å². The first-order valence-corrected chi connectivity index (χ1v) is 8.23. The van der Waals surface area contributed by atoms with E-state index in [0.717, 1.165) is 25.4 Å². The minimum atomic E-state index is -0.276. The van der Waals surface area contributed by atoms with E-state index >= 15 is 0 Å². The van der Waals surface area contributed by atoms with E-state index in [1.165, 1.54) is 0 Å². The van der Waals surface area contributed by atoms with Gasteiger partial charge >= 0.3 is 6.09 Å². The number of piperazine rings is 1. The summed E-state index contributed by atoms with van der Waals surface area (Å²) in [5.74, 6) is 1.48. The van der Waals surface area contributed by atoms with Gasteiger partial charge < -0.3 is 14.4 Å². The molecule has 0 saturated carbocycles. The van der Waals surface area contributed by atoms with Gasteiger partial charge in [0.2, 0.25) is 0 Å². The molecular weight excluding hydrogens is 304 g/mol. The van der Waals surface area contributed by atoms with Crippen LogP contribution < -0.4 is 9.47 Å². The zero-order valence-corrected chi connectivity index (χ0v) is 13.6. The number of hydrogen-bond acceptors (Lipinski definition) is 4. The Morgan fingerprint density at radius 2 is 1.42 bits per heavy atom. The smallest absolute Gasteiger partial charge is 0.415 e. The summed E-state index contributed by atoms with van der Waals surface area (Å²) in [6.07, 6.45) is -0.276. The van der Waals surface area contributed by atoms with Crippen molar-refractivity contribution in [3.05, 3.63) is 60.7 Å². The molecule has 0 bridgehead atoms. The van der Waals surface area contributed by atoms with E-state index in [1.807, 2.05) is 48.5 Å². The Bertz CT molecular complexity index is 626. The molecule has 1 fully saturated rings. The molecule has 2 aromatic carbocycles. The molecule has 0 aromatic heterocycles. The Balaban J connectivity index is 1.37. The number of amides is 1. The highest BCUT2D eigenvalue weighted by atomic mass is 16.6. The van der Waals surface area contributed by atoms with Crippen LogP contribution in [0.1, 0.15) is 0 Å². The molecule has 0 radical (unpaired) electrons. The van der Waals surface area contributed by atoms with Crippen LogP contribution in [0.3, 0.4) is 0 Å². The van der Waals surface area contributed by atoms with Gasteiger partial charge in [0.25, 0.3) is 0 Å². The summed E-state index contributed by atoms with van der Waals surface area (Å²) in [7, 11) is 0. The highest BCUT2D eigenvalue weighted by Crippen LogP contribution is 2.12. The number of rotatable bonds is 5. The number of carbonyl (C=O) groups excluding carboxylic acids is 1. The van der Waals surface area contributed by atoms with Gasteiger partial charge in [-0.15, -0.1) is 0 Å². The van der Waals surface area contributed by atoms with Crippen LogP contribution in [-0.2, 0) is 0 Å². The quantitative estimate of drug-likeness (QED) is 0.847. The Morgan fingerprint density at radius 1 is 0.833 bits per heavy atom. The molecule has 0 unspecified atom stereocenters. The van der Waals surface area contributed by atoms with Crippen LogP contribution in [-0.4, -0.2) is 55.2 Å². The monoisotopic (exact) mass is 326 g/mol. The number of benzene rings is 2. The maximum Gasteiger partial charge on any atom is 0.415 e. The third-order valence-electron chi connectivity index (χ3n) is 4.00. The first-order valence-electron chi connectivity index (χ1n) is 8.23. The van der Waals surface area contributed by atoms with Crippen molar-refractivity contribution >= 4 is 6.09 Å². The van der Waals surface area contributed by atoms with E-state index < -0.39 is 0 Å². The molecule has 126 valence electrons. The normalized spacial score (nSPS) is 15.1. The summed E-state index contributed by atoms with van der Waals surface area (Å²) in [5.41, 5.74) is 0. The standard InChI is InChI=1S/C19H22N2O3/c22-19(24-18-9-5-2-6-10-18)21-13-11-20(12-14-21)15-16-23-17-7-3-1-4-8-17/h1-10H,11-16H2. The van der Waals surface area contributed by atoms with Crippen molar-refractivity contribution in [2.45, 2.75) is 0 Å². The van der Waals surface area contributed by atoms with E-state index in [4.69, 9.17) is 9.47 Å². The van der Waals surface area contributed by atoms with Gasteiger partial charge in [-0.1, -0.05) is 36.4 Å². The Hall–Kier alpha value is -2.53. The maximum absolute atomic E-state index is 12.1. The van der Waals surface area contributed by atoms with Crippen LogP contribution in [0.4, 0.5) is 4.79 Å². The Kier molecular flexibility index (Phi) is 5.69. The van der Waals surface area contributed by atoms with Crippen molar-refractivity contribution in [2.75, 3.05) is 39.3 Å². The molecule has 0 spiro atoms. The van der Waals surface area contributed by atoms with Crippen LogP contribution >= 0.6 is 0 Å². The molecule has 24 heavy (non-hydrogen) atoms. The summed E-state index contributed by atoms with van der Waals surface area (Å²) in [6.45, 7) is 4.53. The second kappa shape index (κ2) is 8.36. The summed E-state index contributed by atoms with van der Waals surface area (Å²) in [5, 5.41) is 0. The lowest BCUT2D eigenvalue weighted by Crippen LogP contribution is -2.50. The van der Waals surface area contributed by atoms with Crippen LogP contribution in [0, 0.1) is 0 Å². The Labute approximate surface area is 142 Å². The molecule has 1 aliphatic heterocycles. The zero-order valence-electron chi connectivity index (χ0n) is 13.6. The number of ether oxygens (including phenoxy) is 2. The predicted molar refractivity (Wildman–Crippen MR) is 92.4 cm³/mol. The van der Waals surface area contributed by atoms with Crippen LogP contribution in [0.15, 0.2) is 60.7 Å². The van der Waals surface area contributed by atoms with Crippen LogP contribution in [0.2, 0.25) is 0 Å². The van der Waals surface area contributed by atoms with Gasteiger partial charge in [0, 0.05) is 32.7 Å². The summed E-state index contributed by atoms with van der Waals surface area (Å²) >= 11 is 0. The lowest BCUT2D eigenvalue weighted by molar-refractivity contribution is 0.103.